The summed E-state index contributed by atoms with van der Waals surface area (Å²) in [6, 6.07) is 0. The fraction of sp³-hybridized carbons (Fsp3) is 0.429. The van der Waals surface area contributed by atoms with Crippen molar-refractivity contribution in [2.75, 3.05) is 14.2 Å². The van der Waals surface area contributed by atoms with Gasteiger partial charge >= 0.3 is 11.9 Å². The summed E-state index contributed by atoms with van der Waals surface area (Å²) in [4.78, 5) is 23.8. The number of esters is 2. The molecule has 5 nitrogen and oxygen atoms in total. The summed E-state index contributed by atoms with van der Waals surface area (Å²) in [7, 11) is 2.64. The zero-order valence-corrected chi connectivity index (χ0v) is 11.9. The molecule has 1 N–H and O–H groups in total. The maximum absolute atomic E-state index is 11.9. The van der Waals surface area contributed by atoms with E-state index in [1.54, 1.807) is 26.0 Å². The molecule has 1 rings (SSSR count). The van der Waals surface area contributed by atoms with Gasteiger partial charge in [0, 0.05) is 17.3 Å². The highest BCUT2D eigenvalue weighted by Gasteiger charge is 2.34. The molecule has 1 heterocycles. The van der Waals surface area contributed by atoms with Crippen LogP contribution in [0.4, 0.5) is 0 Å². The van der Waals surface area contributed by atoms with Crippen molar-refractivity contribution in [1.29, 1.82) is 0 Å². The molecule has 0 atom stereocenters. The third-order valence-electron chi connectivity index (χ3n) is 3.00. The van der Waals surface area contributed by atoms with Crippen molar-refractivity contribution >= 4 is 11.9 Å². The molecule has 0 bridgehead atoms. The van der Waals surface area contributed by atoms with Crippen LogP contribution in [-0.2, 0) is 19.1 Å². The molecule has 19 heavy (non-hydrogen) atoms. The van der Waals surface area contributed by atoms with E-state index in [0.717, 1.165) is 0 Å². The van der Waals surface area contributed by atoms with Gasteiger partial charge < -0.3 is 14.8 Å². The lowest BCUT2D eigenvalue weighted by Gasteiger charge is -2.27. The van der Waals surface area contributed by atoms with Gasteiger partial charge in [-0.1, -0.05) is 12.2 Å². The second kappa shape index (κ2) is 6.22. The smallest absolute Gasteiger partial charge is 0.336 e. The molecule has 1 aliphatic heterocycles. The number of hydrogen-bond donors (Lipinski definition) is 1. The second-order valence-corrected chi connectivity index (χ2v) is 4.19. The molecule has 5 heteroatoms. The SMILES string of the molecule is C/C=C/C1C(C(=O)OC)=C(C)NC(C)=C1C(=O)OC. The van der Waals surface area contributed by atoms with Crippen molar-refractivity contribution in [3.63, 3.8) is 0 Å². The fourth-order valence-electron chi connectivity index (χ4n) is 2.19. The minimum Gasteiger partial charge on any atom is -0.466 e. The third kappa shape index (κ3) is 2.86. The normalized spacial score (nSPS) is 16.7. The Morgan fingerprint density at radius 3 is 1.79 bits per heavy atom. The first-order valence-electron chi connectivity index (χ1n) is 5.95. The predicted octanol–water partition coefficient (Wildman–Crippen LogP) is 1.68. The van der Waals surface area contributed by atoms with E-state index in [0.29, 0.717) is 22.5 Å². The van der Waals surface area contributed by atoms with Crippen LogP contribution < -0.4 is 5.32 Å². The molecule has 104 valence electrons. The first-order chi connectivity index (χ1) is 8.97. The van der Waals surface area contributed by atoms with Gasteiger partial charge in [-0.15, -0.1) is 0 Å². The molecule has 1 aliphatic rings. The molecule has 0 aromatic rings. The number of hydrogen-bond acceptors (Lipinski definition) is 5. The van der Waals surface area contributed by atoms with Crippen LogP contribution in [0.1, 0.15) is 20.8 Å². The van der Waals surface area contributed by atoms with E-state index in [2.05, 4.69) is 5.32 Å². The van der Waals surface area contributed by atoms with Gasteiger partial charge in [0.1, 0.15) is 0 Å². The van der Waals surface area contributed by atoms with Crippen LogP contribution in [0.3, 0.4) is 0 Å². The lowest BCUT2D eigenvalue weighted by molar-refractivity contribution is -0.137. The third-order valence-corrected chi connectivity index (χ3v) is 3.00. The molecule has 0 fully saturated rings. The molecule has 0 aromatic carbocycles. The van der Waals surface area contributed by atoms with E-state index < -0.39 is 17.9 Å². The van der Waals surface area contributed by atoms with Crippen LogP contribution in [0.25, 0.3) is 0 Å². The molecule has 0 spiro atoms. The van der Waals surface area contributed by atoms with Crippen LogP contribution in [-0.4, -0.2) is 26.2 Å². The quantitative estimate of drug-likeness (QED) is 0.621. The summed E-state index contributed by atoms with van der Waals surface area (Å²) in [5, 5.41) is 3.02. The molecule has 0 unspecified atom stereocenters. The Labute approximate surface area is 113 Å². The van der Waals surface area contributed by atoms with Crippen LogP contribution in [0, 0.1) is 5.92 Å². The number of methoxy groups -OCH3 is 2. The van der Waals surface area contributed by atoms with Gasteiger partial charge in [0.2, 0.25) is 0 Å². The van der Waals surface area contributed by atoms with Crippen LogP contribution in [0.2, 0.25) is 0 Å². The number of carbonyl (C=O) groups excluding carboxylic acids is 2. The summed E-state index contributed by atoms with van der Waals surface area (Å²) in [5.41, 5.74) is 2.21. The largest absolute Gasteiger partial charge is 0.466 e. The van der Waals surface area contributed by atoms with Crippen molar-refractivity contribution in [2.24, 2.45) is 5.92 Å². The highest BCUT2D eigenvalue weighted by Crippen LogP contribution is 2.32. The Balaban J connectivity index is 3.37. The number of carbonyl (C=O) groups is 2. The fourth-order valence-corrected chi connectivity index (χ4v) is 2.19. The molecule has 0 saturated heterocycles. The molecular weight excluding hydrogens is 246 g/mol. The van der Waals surface area contributed by atoms with E-state index in [1.807, 2.05) is 6.92 Å². The molecule has 0 amide bonds. The van der Waals surface area contributed by atoms with Crippen molar-refractivity contribution in [3.8, 4) is 0 Å². The van der Waals surface area contributed by atoms with E-state index in [4.69, 9.17) is 9.47 Å². The summed E-state index contributed by atoms with van der Waals surface area (Å²) in [5.74, 6) is -1.37. The van der Waals surface area contributed by atoms with Crippen LogP contribution in [0.15, 0.2) is 34.7 Å². The van der Waals surface area contributed by atoms with Crippen LogP contribution in [0.5, 0.6) is 0 Å². The van der Waals surface area contributed by atoms with E-state index in [9.17, 15) is 9.59 Å². The highest BCUT2D eigenvalue weighted by molar-refractivity contribution is 5.98. The Hall–Kier alpha value is -2.04. The lowest BCUT2D eigenvalue weighted by atomic mass is 9.85. The average Bonchev–Trinajstić information content (AvgIpc) is 2.37. The summed E-state index contributed by atoms with van der Waals surface area (Å²) < 4.78 is 9.58. The number of allylic oxidation sites excluding steroid dienone is 4. The molecule has 0 radical (unpaired) electrons. The van der Waals surface area contributed by atoms with Crippen molar-refractivity contribution in [1.82, 2.24) is 5.32 Å². The first-order valence-corrected chi connectivity index (χ1v) is 5.95. The van der Waals surface area contributed by atoms with Crippen molar-refractivity contribution in [3.05, 3.63) is 34.7 Å². The minimum atomic E-state index is -0.456. The Kier molecular flexibility index (Phi) is 4.92. The van der Waals surface area contributed by atoms with Gasteiger partial charge in [-0.3, -0.25) is 0 Å². The average molecular weight is 265 g/mol. The molecular formula is C14H19NO4. The Morgan fingerprint density at radius 2 is 1.47 bits per heavy atom. The number of dihydropyridines is 1. The van der Waals surface area contributed by atoms with Crippen LogP contribution >= 0.6 is 0 Å². The summed E-state index contributed by atoms with van der Waals surface area (Å²) in [6.45, 7) is 5.39. The number of nitrogens with one attached hydrogen (secondary N) is 1. The van der Waals surface area contributed by atoms with E-state index in [1.165, 1.54) is 14.2 Å². The summed E-state index contributed by atoms with van der Waals surface area (Å²) in [6.07, 6.45) is 3.58. The van der Waals surface area contributed by atoms with Gasteiger partial charge in [-0.05, 0) is 20.8 Å². The van der Waals surface area contributed by atoms with Crippen molar-refractivity contribution < 1.29 is 19.1 Å². The topological polar surface area (TPSA) is 64.6 Å². The summed E-state index contributed by atoms with van der Waals surface area (Å²) >= 11 is 0. The van der Waals surface area contributed by atoms with E-state index in [-0.39, 0.29) is 0 Å². The van der Waals surface area contributed by atoms with Gasteiger partial charge in [0.25, 0.3) is 0 Å². The zero-order valence-electron chi connectivity index (χ0n) is 11.9. The van der Waals surface area contributed by atoms with E-state index >= 15 is 0 Å². The maximum atomic E-state index is 11.9. The minimum absolute atomic E-state index is 0.423. The standard InChI is InChI=1S/C14H19NO4/c1-6-7-10-11(13(16)18-4)8(2)15-9(3)12(10)14(17)19-5/h6-7,10,15H,1-5H3/b7-6+. The number of rotatable bonds is 3. The molecule has 0 aliphatic carbocycles. The Bertz CT molecular complexity index is 448. The lowest BCUT2D eigenvalue weighted by Crippen LogP contribution is -2.32. The predicted molar refractivity (Wildman–Crippen MR) is 70.9 cm³/mol. The maximum Gasteiger partial charge on any atom is 0.336 e. The highest BCUT2D eigenvalue weighted by atomic mass is 16.5. The monoisotopic (exact) mass is 265 g/mol. The zero-order chi connectivity index (χ0) is 14.6. The van der Waals surface area contributed by atoms with Gasteiger partial charge in [0.15, 0.2) is 0 Å². The Morgan fingerprint density at radius 1 is 1.05 bits per heavy atom. The second-order valence-electron chi connectivity index (χ2n) is 4.19. The van der Waals surface area contributed by atoms with Gasteiger partial charge in [-0.2, -0.15) is 0 Å². The molecule has 0 aromatic heterocycles. The number of ether oxygens (including phenoxy) is 2. The van der Waals surface area contributed by atoms with Crippen molar-refractivity contribution in [2.45, 2.75) is 20.8 Å². The first kappa shape index (κ1) is 15.0. The molecule has 0 saturated carbocycles. The van der Waals surface area contributed by atoms with Gasteiger partial charge in [0.05, 0.1) is 25.4 Å². The van der Waals surface area contributed by atoms with Gasteiger partial charge in [-0.25, -0.2) is 9.59 Å².